The molecule has 0 saturated heterocycles. The van der Waals surface area contributed by atoms with Gasteiger partial charge in [0.2, 0.25) is 5.89 Å². The van der Waals surface area contributed by atoms with Crippen LogP contribution in [0.15, 0.2) is 57.4 Å². The third-order valence-corrected chi connectivity index (χ3v) is 6.31. The zero-order valence-electron chi connectivity index (χ0n) is 14.6. The van der Waals surface area contributed by atoms with Crippen molar-refractivity contribution in [3.63, 3.8) is 0 Å². The maximum absolute atomic E-state index is 5.88. The Hall–Kier alpha value is -2.45. The molecule has 0 bridgehead atoms. The molecule has 6 nitrogen and oxygen atoms in total. The number of rotatable bonds is 6. The molecule has 27 heavy (non-hydrogen) atoms. The average Bonchev–Trinajstić information content (AvgIpc) is 3.11. The predicted molar refractivity (Wildman–Crippen MR) is 105 cm³/mol. The van der Waals surface area contributed by atoms with E-state index >= 15 is 0 Å². The third-order valence-electron chi connectivity index (χ3n) is 4.42. The molecular formula is C19H17N5OS2. The molecule has 0 radical (unpaired) electrons. The van der Waals surface area contributed by atoms with Crippen LogP contribution >= 0.6 is 23.1 Å². The molecule has 0 N–H and O–H groups in total. The van der Waals surface area contributed by atoms with E-state index in [9.17, 15) is 0 Å². The highest BCUT2D eigenvalue weighted by atomic mass is 32.2. The Bertz CT molecular complexity index is 1040. The fourth-order valence-corrected chi connectivity index (χ4v) is 4.44. The van der Waals surface area contributed by atoms with Gasteiger partial charge in [0.15, 0.2) is 5.16 Å². The molecule has 0 amide bonds. The summed E-state index contributed by atoms with van der Waals surface area (Å²) in [7, 11) is 0. The minimum absolute atomic E-state index is 0.0232. The Kier molecular flexibility index (Phi) is 4.29. The summed E-state index contributed by atoms with van der Waals surface area (Å²) in [6.07, 6.45) is 2.36. The number of hydrogen-bond donors (Lipinski definition) is 0. The van der Waals surface area contributed by atoms with Gasteiger partial charge in [-0.05, 0) is 43.3 Å². The van der Waals surface area contributed by atoms with Gasteiger partial charge in [0.05, 0.1) is 10.1 Å². The minimum atomic E-state index is -0.0232. The number of thioether (sulfide) groups is 1. The Balaban J connectivity index is 1.44. The lowest BCUT2D eigenvalue weighted by Gasteiger charge is -2.11. The van der Waals surface area contributed by atoms with Crippen LogP contribution in [-0.4, -0.2) is 25.0 Å². The molecule has 1 aromatic carbocycles. The van der Waals surface area contributed by atoms with Gasteiger partial charge in [0, 0.05) is 11.6 Å². The number of aromatic nitrogens is 5. The van der Waals surface area contributed by atoms with Gasteiger partial charge in [-0.1, -0.05) is 36.0 Å². The summed E-state index contributed by atoms with van der Waals surface area (Å²) < 4.78 is 8.05. The molecule has 3 heterocycles. The van der Waals surface area contributed by atoms with E-state index in [2.05, 4.69) is 44.0 Å². The number of hydrogen-bond acceptors (Lipinski definition) is 7. The van der Waals surface area contributed by atoms with Gasteiger partial charge < -0.3 is 4.42 Å². The molecule has 136 valence electrons. The van der Waals surface area contributed by atoms with Crippen LogP contribution in [-0.2, 0) is 0 Å². The van der Waals surface area contributed by atoms with Crippen LogP contribution in [0, 0.1) is 0 Å². The molecular weight excluding hydrogens is 378 g/mol. The van der Waals surface area contributed by atoms with Gasteiger partial charge >= 0.3 is 0 Å². The molecule has 1 fully saturated rings. The van der Waals surface area contributed by atoms with E-state index in [0.717, 1.165) is 21.5 Å². The monoisotopic (exact) mass is 395 g/mol. The van der Waals surface area contributed by atoms with Crippen LogP contribution in [0.3, 0.4) is 0 Å². The Morgan fingerprint density at radius 3 is 2.67 bits per heavy atom. The summed E-state index contributed by atoms with van der Waals surface area (Å²) in [5.41, 5.74) is 1.09. The van der Waals surface area contributed by atoms with Gasteiger partial charge in [0.1, 0.15) is 5.82 Å². The van der Waals surface area contributed by atoms with Crippen LogP contribution in [0.1, 0.15) is 42.6 Å². The maximum atomic E-state index is 5.88. The Labute approximate surface area is 164 Å². The summed E-state index contributed by atoms with van der Waals surface area (Å²) in [5, 5.41) is 20.2. The number of thiophene rings is 1. The van der Waals surface area contributed by atoms with Crippen molar-refractivity contribution in [2.45, 2.75) is 36.1 Å². The second-order valence-corrected chi connectivity index (χ2v) is 8.72. The summed E-state index contributed by atoms with van der Waals surface area (Å²) in [5.74, 6) is 2.71. The van der Waals surface area contributed by atoms with Crippen molar-refractivity contribution in [3.8, 4) is 16.5 Å². The Morgan fingerprint density at radius 1 is 1.07 bits per heavy atom. The highest BCUT2D eigenvalue weighted by Crippen LogP contribution is 2.43. The van der Waals surface area contributed by atoms with E-state index in [-0.39, 0.29) is 5.25 Å². The fraction of sp³-hybridized carbons (Fsp3) is 0.263. The standard InChI is InChI=1S/C19H17N5OS2/c1-12(17-21-22-18(25-17)15-8-5-11-26-15)27-19-23-20-16(13-9-10-13)24(19)14-6-3-2-4-7-14/h2-8,11-13H,9-10H2,1H3. The second-order valence-electron chi connectivity index (χ2n) is 6.47. The van der Waals surface area contributed by atoms with Gasteiger partial charge in [0.25, 0.3) is 5.89 Å². The largest absolute Gasteiger partial charge is 0.419 e. The van der Waals surface area contributed by atoms with Gasteiger partial charge in [-0.25, -0.2) is 0 Å². The van der Waals surface area contributed by atoms with E-state index in [1.54, 1.807) is 23.1 Å². The lowest BCUT2D eigenvalue weighted by molar-refractivity contribution is 0.510. The number of benzene rings is 1. The molecule has 1 unspecified atom stereocenters. The first-order valence-electron chi connectivity index (χ1n) is 8.84. The normalized spacial score (nSPS) is 15.1. The molecule has 5 rings (SSSR count). The first-order chi connectivity index (χ1) is 13.3. The summed E-state index contributed by atoms with van der Waals surface area (Å²) in [6.45, 7) is 2.05. The first kappa shape index (κ1) is 16.7. The molecule has 1 aliphatic carbocycles. The highest BCUT2D eigenvalue weighted by Gasteiger charge is 2.31. The van der Waals surface area contributed by atoms with E-state index in [1.165, 1.54) is 12.8 Å². The van der Waals surface area contributed by atoms with Crippen LogP contribution in [0.25, 0.3) is 16.5 Å². The molecule has 1 atom stereocenters. The molecule has 0 aliphatic heterocycles. The quantitative estimate of drug-likeness (QED) is 0.423. The van der Waals surface area contributed by atoms with Gasteiger partial charge in [-0.3, -0.25) is 4.57 Å². The number of nitrogens with zero attached hydrogens (tertiary/aromatic N) is 5. The highest BCUT2D eigenvalue weighted by molar-refractivity contribution is 7.99. The van der Waals surface area contributed by atoms with Crippen molar-refractivity contribution >= 4 is 23.1 Å². The molecule has 3 aromatic heterocycles. The average molecular weight is 396 g/mol. The van der Waals surface area contributed by atoms with Crippen molar-refractivity contribution in [2.75, 3.05) is 0 Å². The Morgan fingerprint density at radius 2 is 1.93 bits per heavy atom. The zero-order chi connectivity index (χ0) is 18.2. The van der Waals surface area contributed by atoms with E-state index in [1.807, 2.05) is 35.7 Å². The fourth-order valence-electron chi connectivity index (χ4n) is 2.89. The van der Waals surface area contributed by atoms with Crippen molar-refractivity contribution in [1.82, 2.24) is 25.0 Å². The summed E-state index contributed by atoms with van der Waals surface area (Å²) >= 11 is 3.18. The van der Waals surface area contributed by atoms with Crippen molar-refractivity contribution in [1.29, 1.82) is 0 Å². The van der Waals surface area contributed by atoms with Crippen molar-refractivity contribution in [2.24, 2.45) is 0 Å². The van der Waals surface area contributed by atoms with Crippen LogP contribution in [0.5, 0.6) is 0 Å². The van der Waals surface area contributed by atoms with Crippen LogP contribution in [0.4, 0.5) is 0 Å². The van der Waals surface area contributed by atoms with Crippen LogP contribution < -0.4 is 0 Å². The molecule has 1 aliphatic rings. The van der Waals surface area contributed by atoms with Gasteiger partial charge in [-0.2, -0.15) is 0 Å². The zero-order valence-corrected chi connectivity index (χ0v) is 16.3. The van der Waals surface area contributed by atoms with Crippen molar-refractivity contribution < 1.29 is 4.42 Å². The maximum Gasteiger partial charge on any atom is 0.257 e. The predicted octanol–water partition coefficient (Wildman–Crippen LogP) is 5.11. The lowest BCUT2D eigenvalue weighted by Crippen LogP contribution is -2.02. The lowest BCUT2D eigenvalue weighted by atomic mass is 10.3. The molecule has 0 spiro atoms. The molecule has 8 heteroatoms. The second kappa shape index (κ2) is 6.94. The van der Waals surface area contributed by atoms with E-state index < -0.39 is 0 Å². The molecule has 1 saturated carbocycles. The smallest absolute Gasteiger partial charge is 0.257 e. The third kappa shape index (κ3) is 3.30. The van der Waals surface area contributed by atoms with Crippen LogP contribution in [0.2, 0.25) is 0 Å². The topological polar surface area (TPSA) is 69.6 Å². The molecule has 4 aromatic rings. The minimum Gasteiger partial charge on any atom is -0.419 e. The first-order valence-corrected chi connectivity index (χ1v) is 10.6. The van der Waals surface area contributed by atoms with Gasteiger partial charge in [-0.15, -0.1) is 31.7 Å². The SMILES string of the molecule is CC(Sc1nnc(C2CC2)n1-c1ccccc1)c1nnc(-c2cccs2)o1. The van der Waals surface area contributed by atoms with E-state index in [4.69, 9.17) is 4.42 Å². The number of para-hydroxylation sites is 1. The summed E-state index contributed by atoms with van der Waals surface area (Å²) in [4.78, 5) is 0.981. The van der Waals surface area contributed by atoms with Crippen molar-refractivity contribution in [3.05, 3.63) is 59.6 Å². The summed E-state index contributed by atoms with van der Waals surface area (Å²) in [6, 6.07) is 14.2. The van der Waals surface area contributed by atoms with E-state index in [0.29, 0.717) is 17.7 Å².